The van der Waals surface area contributed by atoms with Crippen molar-refractivity contribution in [2.45, 2.75) is 12.8 Å². The monoisotopic (exact) mass is 249 g/mol. The van der Waals surface area contributed by atoms with Crippen molar-refractivity contribution in [1.29, 1.82) is 0 Å². The Kier molecular flexibility index (Phi) is 3.10. The smallest absolute Gasteiger partial charge is 0.0653 e. The molecule has 1 aromatic rings. The highest BCUT2D eigenvalue weighted by Crippen LogP contribution is 2.34. The molecule has 0 unspecified atom stereocenters. The first-order valence-electron chi connectivity index (χ1n) is 4.55. The molecule has 1 nitrogen and oxygen atoms in total. The van der Waals surface area contributed by atoms with Crippen LogP contribution < -0.4 is 5.32 Å². The molecule has 0 heterocycles. The van der Waals surface area contributed by atoms with Gasteiger partial charge in [-0.25, -0.2) is 0 Å². The predicted octanol–water partition coefficient (Wildman–Crippen LogP) is 4.47. The Labute approximate surface area is 98.3 Å². The van der Waals surface area contributed by atoms with Crippen molar-refractivity contribution >= 4 is 40.5 Å². The largest absolute Gasteiger partial charge is 0.384 e. The molecule has 0 spiro atoms. The fraction of sp³-hybridized carbons (Fsp3) is 0.400. The van der Waals surface area contributed by atoms with Gasteiger partial charge in [0.1, 0.15) is 0 Å². The highest BCUT2D eigenvalue weighted by molar-refractivity contribution is 6.44. The van der Waals surface area contributed by atoms with Gasteiger partial charge in [-0.15, -0.1) is 0 Å². The average Bonchev–Trinajstić information content (AvgIpc) is 2.92. The van der Waals surface area contributed by atoms with Crippen LogP contribution in [0.5, 0.6) is 0 Å². The fourth-order valence-electron chi connectivity index (χ4n) is 1.23. The number of rotatable bonds is 3. The van der Waals surface area contributed by atoms with Gasteiger partial charge in [0.05, 0.1) is 20.8 Å². The van der Waals surface area contributed by atoms with Gasteiger partial charge >= 0.3 is 0 Å². The van der Waals surface area contributed by atoms with E-state index >= 15 is 0 Å². The maximum atomic E-state index is 6.00. The van der Waals surface area contributed by atoms with Gasteiger partial charge in [-0.2, -0.15) is 0 Å². The van der Waals surface area contributed by atoms with Gasteiger partial charge < -0.3 is 5.32 Å². The van der Waals surface area contributed by atoms with E-state index in [1.807, 2.05) is 0 Å². The molecule has 14 heavy (non-hydrogen) atoms. The Morgan fingerprint density at radius 2 is 1.71 bits per heavy atom. The Morgan fingerprint density at radius 3 is 2.36 bits per heavy atom. The third-order valence-electron chi connectivity index (χ3n) is 2.29. The lowest BCUT2D eigenvalue weighted by Gasteiger charge is -2.08. The summed E-state index contributed by atoms with van der Waals surface area (Å²) in [4.78, 5) is 0. The molecule has 0 aliphatic heterocycles. The van der Waals surface area contributed by atoms with Crippen LogP contribution in [0.2, 0.25) is 15.1 Å². The molecular weight excluding hydrogens is 240 g/mol. The topological polar surface area (TPSA) is 12.0 Å². The first-order chi connectivity index (χ1) is 6.66. The molecule has 4 heteroatoms. The van der Waals surface area contributed by atoms with E-state index in [0.717, 1.165) is 18.2 Å². The van der Waals surface area contributed by atoms with Crippen LogP contribution in [0.15, 0.2) is 12.1 Å². The maximum Gasteiger partial charge on any atom is 0.0653 e. The second kappa shape index (κ2) is 4.18. The van der Waals surface area contributed by atoms with Crippen molar-refractivity contribution in [3.63, 3.8) is 0 Å². The van der Waals surface area contributed by atoms with Crippen LogP contribution in [-0.2, 0) is 0 Å². The molecule has 0 saturated heterocycles. The number of halogens is 3. The van der Waals surface area contributed by atoms with Crippen LogP contribution in [0.1, 0.15) is 12.8 Å². The summed E-state index contributed by atoms with van der Waals surface area (Å²) in [5.74, 6) is 0.806. The second-order valence-corrected chi connectivity index (χ2v) is 4.79. The van der Waals surface area contributed by atoms with Gasteiger partial charge in [-0.1, -0.05) is 34.8 Å². The van der Waals surface area contributed by atoms with Crippen molar-refractivity contribution in [3.05, 3.63) is 27.2 Å². The lowest BCUT2D eigenvalue weighted by atomic mass is 10.3. The summed E-state index contributed by atoms with van der Waals surface area (Å²) < 4.78 is 0. The number of hydrogen-bond donors (Lipinski definition) is 1. The molecule has 2 rings (SSSR count). The van der Waals surface area contributed by atoms with Crippen molar-refractivity contribution in [2.75, 3.05) is 11.9 Å². The van der Waals surface area contributed by atoms with E-state index in [0.29, 0.717) is 15.1 Å². The molecule has 1 N–H and O–H groups in total. The normalized spacial score (nSPS) is 15.6. The van der Waals surface area contributed by atoms with Crippen LogP contribution >= 0.6 is 34.8 Å². The quantitative estimate of drug-likeness (QED) is 0.781. The summed E-state index contributed by atoms with van der Waals surface area (Å²) in [6.07, 6.45) is 2.62. The summed E-state index contributed by atoms with van der Waals surface area (Å²) in [6.45, 7) is 0.970. The Bertz CT molecular complexity index is 347. The SMILES string of the molecule is Clc1cc(Cl)c(NCC2CC2)cc1Cl. The van der Waals surface area contributed by atoms with E-state index in [4.69, 9.17) is 34.8 Å². The van der Waals surface area contributed by atoms with E-state index in [1.165, 1.54) is 12.8 Å². The van der Waals surface area contributed by atoms with Gasteiger partial charge in [-0.3, -0.25) is 0 Å². The van der Waals surface area contributed by atoms with E-state index in [1.54, 1.807) is 12.1 Å². The first-order valence-corrected chi connectivity index (χ1v) is 5.68. The second-order valence-electron chi connectivity index (χ2n) is 3.57. The molecule has 1 aromatic carbocycles. The Hall–Kier alpha value is -0.110. The standard InChI is InChI=1S/C10H10Cl3N/c11-7-3-9(13)10(4-8(7)12)14-5-6-1-2-6/h3-4,6,14H,1-2,5H2. The molecule has 0 radical (unpaired) electrons. The van der Waals surface area contributed by atoms with Gasteiger partial charge in [-0.05, 0) is 30.9 Å². The third-order valence-corrected chi connectivity index (χ3v) is 3.32. The summed E-state index contributed by atoms with van der Waals surface area (Å²) in [6, 6.07) is 3.44. The molecule has 0 aromatic heterocycles. The van der Waals surface area contributed by atoms with Crippen LogP contribution in [0.4, 0.5) is 5.69 Å². The summed E-state index contributed by atoms with van der Waals surface area (Å²) in [5, 5.41) is 4.92. The molecule has 1 aliphatic rings. The van der Waals surface area contributed by atoms with E-state index in [-0.39, 0.29) is 0 Å². The zero-order valence-corrected chi connectivity index (χ0v) is 9.76. The minimum atomic E-state index is 0.494. The Balaban J connectivity index is 2.10. The number of anilines is 1. The highest BCUT2D eigenvalue weighted by Gasteiger charge is 2.21. The summed E-state index contributed by atoms with van der Waals surface area (Å²) in [5.41, 5.74) is 0.868. The van der Waals surface area contributed by atoms with Crippen molar-refractivity contribution in [1.82, 2.24) is 0 Å². The summed E-state index contributed by atoms with van der Waals surface area (Å²) in [7, 11) is 0. The van der Waals surface area contributed by atoms with E-state index in [2.05, 4.69) is 5.32 Å². The van der Waals surface area contributed by atoms with Gasteiger partial charge in [0, 0.05) is 6.54 Å². The molecule has 76 valence electrons. The minimum Gasteiger partial charge on any atom is -0.384 e. The zero-order chi connectivity index (χ0) is 10.1. The maximum absolute atomic E-state index is 6.00. The third kappa shape index (κ3) is 2.47. The minimum absolute atomic E-state index is 0.494. The van der Waals surface area contributed by atoms with Gasteiger partial charge in [0.25, 0.3) is 0 Å². The van der Waals surface area contributed by atoms with E-state index < -0.39 is 0 Å². The van der Waals surface area contributed by atoms with Gasteiger partial charge in [0.2, 0.25) is 0 Å². The number of nitrogens with one attached hydrogen (secondary N) is 1. The first kappa shape index (κ1) is 10.4. The predicted molar refractivity (Wildman–Crippen MR) is 62.7 cm³/mol. The van der Waals surface area contributed by atoms with Crippen molar-refractivity contribution in [2.24, 2.45) is 5.92 Å². The molecule has 0 atom stereocenters. The van der Waals surface area contributed by atoms with Crippen LogP contribution in [0, 0.1) is 5.92 Å². The molecular formula is C10H10Cl3N. The summed E-state index contributed by atoms with van der Waals surface area (Å²) >= 11 is 17.7. The molecule has 1 aliphatic carbocycles. The van der Waals surface area contributed by atoms with Crippen LogP contribution in [-0.4, -0.2) is 6.54 Å². The number of hydrogen-bond acceptors (Lipinski definition) is 1. The molecule has 1 fully saturated rings. The van der Waals surface area contributed by atoms with Crippen molar-refractivity contribution in [3.8, 4) is 0 Å². The van der Waals surface area contributed by atoms with Crippen LogP contribution in [0.3, 0.4) is 0 Å². The van der Waals surface area contributed by atoms with E-state index in [9.17, 15) is 0 Å². The average molecular weight is 251 g/mol. The molecule has 0 bridgehead atoms. The van der Waals surface area contributed by atoms with Crippen LogP contribution in [0.25, 0.3) is 0 Å². The van der Waals surface area contributed by atoms with Gasteiger partial charge in [0.15, 0.2) is 0 Å². The molecule has 0 amide bonds. The van der Waals surface area contributed by atoms with Crippen molar-refractivity contribution < 1.29 is 0 Å². The lowest BCUT2D eigenvalue weighted by molar-refractivity contribution is 0.889. The Morgan fingerprint density at radius 1 is 1.07 bits per heavy atom. The zero-order valence-electron chi connectivity index (χ0n) is 7.49. The number of benzene rings is 1. The lowest BCUT2D eigenvalue weighted by Crippen LogP contribution is -2.03. The highest BCUT2D eigenvalue weighted by atomic mass is 35.5. The fourth-order valence-corrected chi connectivity index (χ4v) is 1.85. The molecule has 1 saturated carbocycles.